The molecule has 0 aromatic carbocycles. The maximum absolute atomic E-state index is 11.7. The van der Waals surface area contributed by atoms with Gasteiger partial charge in [-0.1, -0.05) is 0 Å². The van der Waals surface area contributed by atoms with Crippen molar-refractivity contribution in [2.24, 2.45) is 13.0 Å². The quantitative estimate of drug-likeness (QED) is 0.766. The summed E-state index contributed by atoms with van der Waals surface area (Å²) < 4.78 is 1.54. The normalized spacial score (nSPS) is 17.3. The molecule has 16 heavy (non-hydrogen) atoms. The fourth-order valence-electron chi connectivity index (χ4n) is 1.95. The number of aromatic nitrogens is 2. The first kappa shape index (κ1) is 11.1. The Hall–Kier alpha value is -1.36. The molecule has 1 aliphatic heterocycles. The highest BCUT2D eigenvalue weighted by Crippen LogP contribution is 2.11. The highest BCUT2D eigenvalue weighted by molar-refractivity contribution is 5.30. The second-order valence-corrected chi connectivity index (χ2v) is 4.27. The molecular formula is C11H18N4O. The summed E-state index contributed by atoms with van der Waals surface area (Å²) in [5.74, 6) is 1.11. The third-order valence-corrected chi connectivity index (χ3v) is 3.03. The predicted octanol–water partition coefficient (Wildman–Crippen LogP) is 0.192. The van der Waals surface area contributed by atoms with Gasteiger partial charge in [0.1, 0.15) is 0 Å². The van der Waals surface area contributed by atoms with Gasteiger partial charge in [-0.25, -0.2) is 4.98 Å². The van der Waals surface area contributed by atoms with Crippen molar-refractivity contribution in [3.8, 4) is 0 Å². The smallest absolute Gasteiger partial charge is 0.293 e. The summed E-state index contributed by atoms with van der Waals surface area (Å²) in [6, 6.07) is 0. The molecule has 0 amide bonds. The van der Waals surface area contributed by atoms with Gasteiger partial charge in [0.25, 0.3) is 5.56 Å². The summed E-state index contributed by atoms with van der Waals surface area (Å²) in [4.78, 5) is 15.7. The number of nitrogens with zero attached hydrogens (tertiary/aromatic N) is 2. The molecule has 88 valence electrons. The maximum atomic E-state index is 11.7. The second kappa shape index (κ2) is 5.12. The monoisotopic (exact) mass is 222 g/mol. The molecule has 0 atom stereocenters. The van der Waals surface area contributed by atoms with Crippen molar-refractivity contribution in [3.05, 3.63) is 22.7 Å². The van der Waals surface area contributed by atoms with Crippen molar-refractivity contribution in [2.75, 3.05) is 25.0 Å². The van der Waals surface area contributed by atoms with E-state index in [0.717, 1.165) is 19.6 Å². The fourth-order valence-corrected chi connectivity index (χ4v) is 1.95. The molecule has 0 unspecified atom stereocenters. The summed E-state index contributed by atoms with van der Waals surface area (Å²) in [5, 5.41) is 6.48. The molecule has 1 fully saturated rings. The van der Waals surface area contributed by atoms with Gasteiger partial charge in [0, 0.05) is 26.0 Å². The van der Waals surface area contributed by atoms with Crippen molar-refractivity contribution in [3.63, 3.8) is 0 Å². The van der Waals surface area contributed by atoms with E-state index in [1.54, 1.807) is 19.4 Å². The third kappa shape index (κ3) is 2.61. The minimum Gasteiger partial charge on any atom is -0.365 e. The van der Waals surface area contributed by atoms with Crippen LogP contribution in [-0.2, 0) is 7.05 Å². The number of hydrogen-bond donors (Lipinski definition) is 2. The SMILES string of the molecule is Cn1ccnc(NCC2CCNCC2)c1=O. The molecule has 0 radical (unpaired) electrons. The van der Waals surface area contributed by atoms with Crippen LogP contribution >= 0.6 is 0 Å². The van der Waals surface area contributed by atoms with Crippen LogP contribution in [0.15, 0.2) is 17.2 Å². The van der Waals surface area contributed by atoms with Gasteiger partial charge >= 0.3 is 0 Å². The second-order valence-electron chi connectivity index (χ2n) is 4.27. The van der Waals surface area contributed by atoms with Crippen LogP contribution in [-0.4, -0.2) is 29.2 Å². The van der Waals surface area contributed by atoms with Gasteiger partial charge in [-0.15, -0.1) is 0 Å². The summed E-state index contributed by atoms with van der Waals surface area (Å²) in [7, 11) is 1.74. The van der Waals surface area contributed by atoms with Crippen LogP contribution in [0.2, 0.25) is 0 Å². The Bertz CT molecular complexity index is 395. The first-order valence-electron chi connectivity index (χ1n) is 5.73. The van der Waals surface area contributed by atoms with Gasteiger partial charge in [0.2, 0.25) is 0 Å². The Kier molecular flexibility index (Phi) is 3.56. The molecule has 5 nitrogen and oxygen atoms in total. The predicted molar refractivity (Wildman–Crippen MR) is 63.6 cm³/mol. The number of rotatable bonds is 3. The fraction of sp³-hybridized carbons (Fsp3) is 0.636. The standard InChI is InChI=1S/C11H18N4O/c1-15-7-6-13-10(11(15)16)14-8-9-2-4-12-5-3-9/h6-7,9,12H,2-5,8H2,1H3,(H,13,14). The molecule has 2 rings (SSSR count). The Balaban J connectivity index is 1.94. The van der Waals surface area contributed by atoms with Crippen LogP contribution in [0.3, 0.4) is 0 Å². The van der Waals surface area contributed by atoms with E-state index >= 15 is 0 Å². The van der Waals surface area contributed by atoms with Crippen molar-refractivity contribution < 1.29 is 0 Å². The molecule has 0 spiro atoms. The van der Waals surface area contributed by atoms with Gasteiger partial charge in [-0.2, -0.15) is 0 Å². The van der Waals surface area contributed by atoms with Gasteiger partial charge in [-0.05, 0) is 31.8 Å². The Labute approximate surface area is 94.9 Å². The van der Waals surface area contributed by atoms with E-state index < -0.39 is 0 Å². The van der Waals surface area contributed by atoms with Crippen molar-refractivity contribution in [1.82, 2.24) is 14.9 Å². The van der Waals surface area contributed by atoms with Gasteiger partial charge in [-0.3, -0.25) is 4.79 Å². The zero-order valence-electron chi connectivity index (χ0n) is 9.57. The van der Waals surface area contributed by atoms with E-state index in [4.69, 9.17) is 0 Å². The van der Waals surface area contributed by atoms with Gasteiger partial charge in [0.15, 0.2) is 5.82 Å². The number of anilines is 1. The topological polar surface area (TPSA) is 59.0 Å². The van der Waals surface area contributed by atoms with Crippen LogP contribution < -0.4 is 16.2 Å². The zero-order valence-corrected chi connectivity index (χ0v) is 9.57. The van der Waals surface area contributed by atoms with Crippen LogP contribution in [0.1, 0.15) is 12.8 Å². The lowest BCUT2D eigenvalue weighted by molar-refractivity contribution is 0.389. The Morgan fingerprint density at radius 3 is 3.06 bits per heavy atom. The molecule has 0 saturated carbocycles. The lowest BCUT2D eigenvalue weighted by atomic mass is 9.98. The molecule has 5 heteroatoms. The summed E-state index contributed by atoms with van der Waals surface area (Å²) >= 11 is 0. The van der Waals surface area contributed by atoms with Crippen LogP contribution in [0.25, 0.3) is 0 Å². The highest BCUT2D eigenvalue weighted by Gasteiger charge is 2.13. The largest absolute Gasteiger partial charge is 0.365 e. The van der Waals surface area contributed by atoms with Crippen LogP contribution in [0, 0.1) is 5.92 Å². The van der Waals surface area contributed by atoms with E-state index in [1.165, 1.54) is 17.4 Å². The Morgan fingerprint density at radius 2 is 2.31 bits per heavy atom. The zero-order chi connectivity index (χ0) is 11.4. The number of aryl methyl sites for hydroxylation is 1. The van der Waals surface area contributed by atoms with Gasteiger partial charge in [0.05, 0.1) is 0 Å². The first-order valence-corrected chi connectivity index (χ1v) is 5.73. The Morgan fingerprint density at radius 1 is 1.56 bits per heavy atom. The lowest BCUT2D eigenvalue weighted by Gasteiger charge is -2.22. The van der Waals surface area contributed by atoms with Gasteiger partial charge < -0.3 is 15.2 Å². The molecule has 2 N–H and O–H groups in total. The molecule has 1 aliphatic rings. The summed E-state index contributed by atoms with van der Waals surface area (Å²) in [6.07, 6.45) is 5.64. The number of hydrogen-bond acceptors (Lipinski definition) is 4. The van der Waals surface area contributed by atoms with E-state index in [1.807, 2.05) is 0 Å². The van der Waals surface area contributed by atoms with Crippen molar-refractivity contribution in [2.45, 2.75) is 12.8 Å². The minimum atomic E-state index is -0.0589. The highest BCUT2D eigenvalue weighted by atomic mass is 16.1. The lowest BCUT2D eigenvalue weighted by Crippen LogP contribution is -2.32. The van der Waals surface area contributed by atoms with Crippen molar-refractivity contribution in [1.29, 1.82) is 0 Å². The minimum absolute atomic E-state index is 0.0589. The molecule has 0 bridgehead atoms. The molecule has 1 aromatic rings. The third-order valence-electron chi connectivity index (χ3n) is 3.03. The first-order chi connectivity index (χ1) is 7.77. The average Bonchev–Trinajstić information content (AvgIpc) is 2.32. The molecule has 2 heterocycles. The van der Waals surface area contributed by atoms with E-state index in [9.17, 15) is 4.79 Å². The number of piperidine rings is 1. The van der Waals surface area contributed by atoms with Crippen LogP contribution in [0.4, 0.5) is 5.82 Å². The maximum Gasteiger partial charge on any atom is 0.293 e. The van der Waals surface area contributed by atoms with E-state index in [-0.39, 0.29) is 5.56 Å². The van der Waals surface area contributed by atoms with E-state index in [2.05, 4.69) is 15.6 Å². The number of nitrogens with one attached hydrogen (secondary N) is 2. The molecular weight excluding hydrogens is 204 g/mol. The summed E-state index contributed by atoms with van der Waals surface area (Å²) in [6.45, 7) is 2.99. The summed E-state index contributed by atoms with van der Waals surface area (Å²) in [5.41, 5.74) is -0.0589. The average molecular weight is 222 g/mol. The van der Waals surface area contributed by atoms with Crippen LogP contribution in [0.5, 0.6) is 0 Å². The van der Waals surface area contributed by atoms with Crippen molar-refractivity contribution >= 4 is 5.82 Å². The molecule has 0 aliphatic carbocycles. The van der Waals surface area contributed by atoms with E-state index in [0.29, 0.717) is 11.7 Å². The molecule has 1 aromatic heterocycles. The molecule has 1 saturated heterocycles.